The number of fused-ring (bicyclic) bond motifs is 2. The van der Waals surface area contributed by atoms with Gasteiger partial charge in [-0.05, 0) is 57.1 Å². The second kappa shape index (κ2) is 6.91. The van der Waals surface area contributed by atoms with Crippen molar-refractivity contribution in [1.29, 1.82) is 10.5 Å². The third-order valence-corrected chi connectivity index (χ3v) is 7.36. The molecule has 1 saturated carbocycles. The molecule has 1 aromatic heterocycles. The lowest BCUT2D eigenvalue weighted by atomic mass is 9.92. The number of nitrogens with one attached hydrogen (secondary N) is 1. The zero-order chi connectivity index (χ0) is 20.0. The van der Waals surface area contributed by atoms with E-state index in [0.29, 0.717) is 6.04 Å². The van der Waals surface area contributed by atoms with E-state index in [1.165, 1.54) is 0 Å². The van der Waals surface area contributed by atoms with Gasteiger partial charge in [0.2, 0.25) is 5.91 Å². The van der Waals surface area contributed by atoms with Gasteiger partial charge in [0.05, 0.1) is 29.3 Å². The summed E-state index contributed by atoms with van der Waals surface area (Å²) in [5.74, 6) is 1.09. The van der Waals surface area contributed by atoms with Crippen molar-refractivity contribution in [3.63, 3.8) is 0 Å². The summed E-state index contributed by atoms with van der Waals surface area (Å²) in [6.07, 6.45) is 8.70. The molecule has 3 saturated heterocycles. The largest absolute Gasteiger partial charge is 0.357 e. The molecule has 1 aromatic rings. The zero-order valence-electron chi connectivity index (χ0n) is 16.5. The predicted octanol–water partition coefficient (Wildman–Crippen LogP) is 2.06. The van der Waals surface area contributed by atoms with Crippen molar-refractivity contribution < 1.29 is 4.79 Å². The average Bonchev–Trinajstić information content (AvgIpc) is 3.38. The van der Waals surface area contributed by atoms with E-state index >= 15 is 0 Å². The van der Waals surface area contributed by atoms with Crippen LogP contribution in [0.5, 0.6) is 0 Å². The topological polar surface area (TPSA) is 96.0 Å². The van der Waals surface area contributed by atoms with Crippen LogP contribution in [0.15, 0.2) is 18.2 Å². The number of amides is 1. The lowest BCUT2D eigenvalue weighted by Crippen LogP contribution is -2.48. The number of anilines is 1. The summed E-state index contributed by atoms with van der Waals surface area (Å²) in [6, 6.07) is 9.00. The first kappa shape index (κ1) is 18.2. The number of pyridine rings is 1. The lowest BCUT2D eigenvalue weighted by Gasteiger charge is -2.33. The van der Waals surface area contributed by atoms with Crippen molar-refractivity contribution in [2.75, 3.05) is 18.0 Å². The molecule has 4 heterocycles. The van der Waals surface area contributed by atoms with Gasteiger partial charge in [0, 0.05) is 25.0 Å². The summed E-state index contributed by atoms with van der Waals surface area (Å²) in [7, 11) is 0. The fourth-order valence-electron chi connectivity index (χ4n) is 5.39. The van der Waals surface area contributed by atoms with Crippen molar-refractivity contribution in [2.24, 2.45) is 5.92 Å². The summed E-state index contributed by atoms with van der Waals surface area (Å²) in [5.41, 5.74) is 0.516. The maximum absolute atomic E-state index is 12.8. The van der Waals surface area contributed by atoms with Gasteiger partial charge in [-0.25, -0.2) is 4.98 Å². The summed E-state index contributed by atoms with van der Waals surface area (Å²) < 4.78 is 0. The Balaban J connectivity index is 1.17. The van der Waals surface area contributed by atoms with E-state index in [9.17, 15) is 15.3 Å². The Kier molecular flexibility index (Phi) is 4.35. The predicted molar refractivity (Wildman–Crippen MR) is 107 cm³/mol. The van der Waals surface area contributed by atoms with Crippen LogP contribution in [0.2, 0.25) is 0 Å². The minimum Gasteiger partial charge on any atom is -0.357 e. The SMILES string of the molecule is N#CN1[C@H]2CC[C@@H]1[C@H](NC(=O)C1CCN(c3cccc(C4(C#N)CC4)n3)CC1)C2. The van der Waals surface area contributed by atoms with Crippen molar-refractivity contribution in [3.8, 4) is 12.3 Å². The van der Waals surface area contributed by atoms with Crippen molar-refractivity contribution in [1.82, 2.24) is 15.2 Å². The van der Waals surface area contributed by atoms with Crippen LogP contribution in [-0.2, 0) is 10.2 Å². The molecule has 29 heavy (non-hydrogen) atoms. The average molecular weight is 390 g/mol. The summed E-state index contributed by atoms with van der Waals surface area (Å²) in [5, 5.41) is 22.0. The molecule has 3 aliphatic heterocycles. The molecule has 7 nitrogen and oxygen atoms in total. The maximum Gasteiger partial charge on any atom is 0.223 e. The van der Waals surface area contributed by atoms with E-state index < -0.39 is 0 Å². The standard InChI is InChI=1S/C22H26N6O/c23-13-22(8-9-22)19-2-1-3-20(26-19)27-10-6-15(7-11-27)21(29)25-17-12-16-4-5-18(17)28(16)14-24/h1-3,15-18H,4-12H2,(H,25,29)/t16-,17+,18+/m0/s1. The number of hydrogen-bond acceptors (Lipinski definition) is 6. The molecule has 1 amide bonds. The Labute approximate surface area is 171 Å². The molecule has 1 aliphatic carbocycles. The minimum absolute atomic E-state index is 0.0259. The van der Waals surface area contributed by atoms with Crippen LogP contribution in [0.3, 0.4) is 0 Å². The van der Waals surface area contributed by atoms with Crippen LogP contribution in [0.25, 0.3) is 0 Å². The highest BCUT2D eigenvalue weighted by atomic mass is 16.2. The van der Waals surface area contributed by atoms with Crippen molar-refractivity contribution >= 4 is 11.7 Å². The molecule has 4 fully saturated rings. The smallest absolute Gasteiger partial charge is 0.223 e. The first-order valence-corrected chi connectivity index (χ1v) is 10.8. The van der Waals surface area contributed by atoms with Gasteiger partial charge in [-0.3, -0.25) is 4.79 Å². The van der Waals surface area contributed by atoms with Gasteiger partial charge in [-0.15, -0.1) is 0 Å². The first-order chi connectivity index (χ1) is 14.1. The third kappa shape index (κ3) is 3.09. The minimum atomic E-state index is -0.369. The molecule has 2 bridgehead atoms. The van der Waals surface area contributed by atoms with Crippen molar-refractivity contribution in [3.05, 3.63) is 23.9 Å². The molecule has 5 rings (SSSR count). The number of nitrogens with zero attached hydrogens (tertiary/aromatic N) is 5. The Morgan fingerprint density at radius 2 is 1.97 bits per heavy atom. The monoisotopic (exact) mass is 390 g/mol. The molecule has 150 valence electrons. The molecule has 0 spiro atoms. The Bertz CT molecular complexity index is 889. The number of nitriles is 2. The Morgan fingerprint density at radius 3 is 2.62 bits per heavy atom. The van der Waals surface area contributed by atoms with Crippen LogP contribution >= 0.6 is 0 Å². The highest BCUT2D eigenvalue weighted by Crippen LogP contribution is 2.47. The van der Waals surface area contributed by atoms with Gasteiger partial charge in [-0.2, -0.15) is 10.5 Å². The quantitative estimate of drug-likeness (QED) is 0.791. The fraction of sp³-hybridized carbons (Fsp3) is 0.636. The van der Waals surface area contributed by atoms with Gasteiger partial charge < -0.3 is 15.1 Å². The normalized spacial score (nSPS) is 29.9. The fourth-order valence-corrected chi connectivity index (χ4v) is 5.39. The van der Waals surface area contributed by atoms with Crippen LogP contribution in [0.1, 0.15) is 50.6 Å². The number of hydrogen-bond donors (Lipinski definition) is 1. The van der Waals surface area contributed by atoms with E-state index in [2.05, 4.69) is 22.5 Å². The van der Waals surface area contributed by atoms with E-state index in [4.69, 9.17) is 4.98 Å². The lowest BCUT2D eigenvalue weighted by molar-refractivity contribution is -0.126. The molecular formula is C22H26N6O. The van der Waals surface area contributed by atoms with Crippen LogP contribution in [0.4, 0.5) is 5.82 Å². The molecule has 0 unspecified atom stereocenters. The highest BCUT2D eigenvalue weighted by Gasteiger charge is 2.47. The summed E-state index contributed by atoms with van der Waals surface area (Å²) >= 11 is 0. The van der Waals surface area contributed by atoms with Gasteiger partial charge in [-0.1, -0.05) is 6.07 Å². The number of carbonyl (C=O) groups excluding carboxylic acids is 1. The van der Waals surface area contributed by atoms with Gasteiger partial charge in [0.15, 0.2) is 6.19 Å². The highest BCUT2D eigenvalue weighted by molar-refractivity contribution is 5.79. The zero-order valence-corrected chi connectivity index (χ0v) is 16.5. The van der Waals surface area contributed by atoms with Crippen LogP contribution in [0, 0.1) is 28.7 Å². The third-order valence-electron chi connectivity index (χ3n) is 7.36. The second-order valence-corrected chi connectivity index (χ2v) is 8.99. The number of carbonyl (C=O) groups is 1. The van der Waals surface area contributed by atoms with E-state index in [0.717, 1.165) is 69.5 Å². The van der Waals surface area contributed by atoms with Crippen molar-refractivity contribution in [2.45, 2.75) is 68.5 Å². The molecule has 1 N–H and O–H groups in total. The molecule has 0 aromatic carbocycles. The number of aromatic nitrogens is 1. The number of piperidine rings is 1. The molecule has 3 atom stereocenters. The molecular weight excluding hydrogens is 364 g/mol. The van der Waals surface area contributed by atoms with E-state index in [1.807, 2.05) is 23.1 Å². The summed E-state index contributed by atoms with van der Waals surface area (Å²) in [6.45, 7) is 1.60. The van der Waals surface area contributed by atoms with Crippen LogP contribution < -0.4 is 10.2 Å². The van der Waals surface area contributed by atoms with Gasteiger partial charge in [0.25, 0.3) is 0 Å². The molecule has 0 radical (unpaired) electrons. The maximum atomic E-state index is 12.8. The molecule has 4 aliphatic rings. The van der Waals surface area contributed by atoms with Gasteiger partial charge >= 0.3 is 0 Å². The second-order valence-electron chi connectivity index (χ2n) is 8.99. The Morgan fingerprint density at radius 1 is 1.17 bits per heavy atom. The number of rotatable bonds is 4. The van der Waals surface area contributed by atoms with E-state index in [1.54, 1.807) is 0 Å². The summed E-state index contributed by atoms with van der Waals surface area (Å²) in [4.78, 5) is 21.7. The van der Waals surface area contributed by atoms with Gasteiger partial charge in [0.1, 0.15) is 5.82 Å². The first-order valence-electron chi connectivity index (χ1n) is 10.8. The van der Waals surface area contributed by atoms with Crippen LogP contribution in [-0.4, -0.2) is 47.0 Å². The van der Waals surface area contributed by atoms with E-state index in [-0.39, 0.29) is 29.3 Å². The Hall–Kier alpha value is -2.80. The molecule has 7 heteroatoms.